The second kappa shape index (κ2) is 3.74. The van der Waals surface area contributed by atoms with Crippen molar-refractivity contribution in [3.63, 3.8) is 0 Å². The minimum Gasteiger partial charge on any atom is -0.343 e. The normalized spacial score (nSPS) is 28.8. The molecule has 0 saturated carbocycles. The summed E-state index contributed by atoms with van der Waals surface area (Å²) in [6.45, 7) is 15.0. The molecule has 2 fully saturated rings. The Kier molecular flexibility index (Phi) is 2.85. The highest BCUT2D eigenvalue weighted by Crippen LogP contribution is 2.46. The van der Waals surface area contributed by atoms with E-state index in [0.29, 0.717) is 10.8 Å². The fourth-order valence-electron chi connectivity index (χ4n) is 2.75. The van der Waals surface area contributed by atoms with Crippen molar-refractivity contribution in [2.75, 3.05) is 26.2 Å². The van der Waals surface area contributed by atoms with Gasteiger partial charge in [0.05, 0.1) is 13.1 Å². The highest BCUT2D eigenvalue weighted by molar-refractivity contribution is 4.92. The highest BCUT2D eigenvalue weighted by atomic mass is 15.2. The Balaban J connectivity index is 1.90. The number of hydrogen-bond acceptors (Lipinski definition) is 1. The summed E-state index contributed by atoms with van der Waals surface area (Å²) >= 11 is 0. The zero-order valence-corrected chi connectivity index (χ0v) is 10.8. The fraction of sp³-hybridized carbons (Fsp3) is 1.00. The minimum atomic E-state index is 0.463. The van der Waals surface area contributed by atoms with Crippen molar-refractivity contribution in [2.45, 2.75) is 46.6 Å². The maximum Gasteiger partial charge on any atom is 0.108 e. The maximum atomic E-state index is 2.72. The molecule has 0 atom stereocenters. The fourth-order valence-corrected chi connectivity index (χ4v) is 2.75. The van der Waals surface area contributed by atoms with Crippen LogP contribution in [0.2, 0.25) is 0 Å². The van der Waals surface area contributed by atoms with Gasteiger partial charge in [-0.15, -0.1) is 0 Å². The maximum absolute atomic E-state index is 2.72. The van der Waals surface area contributed by atoms with Gasteiger partial charge in [0.1, 0.15) is 6.04 Å². The molecular weight excluding hydrogens is 184 g/mol. The molecule has 2 heterocycles. The van der Waals surface area contributed by atoms with Crippen LogP contribution in [0.5, 0.6) is 0 Å². The van der Waals surface area contributed by atoms with Gasteiger partial charge >= 0.3 is 0 Å². The van der Waals surface area contributed by atoms with Gasteiger partial charge in [0, 0.05) is 0 Å². The summed E-state index contributed by atoms with van der Waals surface area (Å²) in [5, 5.41) is 2.42. The molecule has 2 aliphatic rings. The van der Waals surface area contributed by atoms with Crippen molar-refractivity contribution >= 4 is 0 Å². The van der Waals surface area contributed by atoms with E-state index in [4.69, 9.17) is 0 Å². The van der Waals surface area contributed by atoms with E-state index in [1.165, 1.54) is 39.0 Å². The Hall–Kier alpha value is -0.0800. The molecule has 15 heavy (non-hydrogen) atoms. The standard InChI is InChI=1S/C13H26N2/c1-12(2,3)13(4)5-7-15(8-6-13)11-9-14-10-11/h11,14H,5-10H2,1-4H3/p+1. The predicted octanol–water partition coefficient (Wildman–Crippen LogP) is 1.08. The van der Waals surface area contributed by atoms with Gasteiger partial charge in [0.25, 0.3) is 0 Å². The zero-order valence-electron chi connectivity index (χ0n) is 10.8. The number of nitrogens with two attached hydrogens (primary N) is 1. The summed E-state index contributed by atoms with van der Waals surface area (Å²) in [6.07, 6.45) is 2.76. The van der Waals surface area contributed by atoms with E-state index in [-0.39, 0.29) is 0 Å². The van der Waals surface area contributed by atoms with E-state index < -0.39 is 0 Å². The average molecular weight is 211 g/mol. The van der Waals surface area contributed by atoms with Crippen LogP contribution in [0.1, 0.15) is 40.5 Å². The molecule has 0 bridgehead atoms. The Labute approximate surface area is 94.4 Å². The third-order valence-corrected chi connectivity index (χ3v) is 5.11. The lowest BCUT2D eigenvalue weighted by atomic mass is 9.62. The molecule has 0 amide bonds. The molecule has 2 aliphatic heterocycles. The molecule has 0 unspecified atom stereocenters. The van der Waals surface area contributed by atoms with Crippen molar-refractivity contribution in [3.05, 3.63) is 0 Å². The van der Waals surface area contributed by atoms with Crippen LogP contribution in [0, 0.1) is 10.8 Å². The van der Waals surface area contributed by atoms with Crippen LogP contribution in [-0.2, 0) is 0 Å². The first-order valence-corrected chi connectivity index (χ1v) is 6.48. The summed E-state index contributed by atoms with van der Waals surface area (Å²) < 4.78 is 0. The number of rotatable bonds is 1. The molecule has 2 nitrogen and oxygen atoms in total. The first-order valence-electron chi connectivity index (χ1n) is 6.48. The number of quaternary nitrogens is 1. The van der Waals surface area contributed by atoms with Gasteiger partial charge in [-0.3, -0.25) is 4.90 Å². The molecule has 2 rings (SSSR count). The van der Waals surface area contributed by atoms with E-state index >= 15 is 0 Å². The number of piperidine rings is 1. The van der Waals surface area contributed by atoms with E-state index in [1.807, 2.05) is 0 Å². The first-order chi connectivity index (χ1) is 6.92. The van der Waals surface area contributed by atoms with Crippen LogP contribution < -0.4 is 5.32 Å². The van der Waals surface area contributed by atoms with Gasteiger partial charge in [-0.05, 0) is 36.8 Å². The van der Waals surface area contributed by atoms with Crippen molar-refractivity contribution in [2.24, 2.45) is 10.8 Å². The van der Waals surface area contributed by atoms with E-state index in [2.05, 4.69) is 37.9 Å². The van der Waals surface area contributed by atoms with Crippen LogP contribution in [0.15, 0.2) is 0 Å². The Morgan fingerprint density at radius 3 is 2.00 bits per heavy atom. The van der Waals surface area contributed by atoms with Crippen molar-refractivity contribution in [1.29, 1.82) is 0 Å². The Bertz CT molecular complexity index is 217. The van der Waals surface area contributed by atoms with Crippen LogP contribution >= 0.6 is 0 Å². The van der Waals surface area contributed by atoms with E-state index in [0.717, 1.165) is 6.04 Å². The van der Waals surface area contributed by atoms with E-state index in [1.54, 1.807) is 0 Å². The van der Waals surface area contributed by atoms with Gasteiger partial charge in [-0.1, -0.05) is 27.7 Å². The van der Waals surface area contributed by atoms with Gasteiger partial charge in [0.2, 0.25) is 0 Å². The third kappa shape index (κ3) is 2.07. The third-order valence-electron chi connectivity index (χ3n) is 5.11. The van der Waals surface area contributed by atoms with Gasteiger partial charge in [-0.25, -0.2) is 0 Å². The molecule has 2 heteroatoms. The molecular formula is C13H27N2+. The number of nitrogens with zero attached hydrogens (tertiary/aromatic N) is 1. The average Bonchev–Trinajstić information content (AvgIpc) is 2.04. The van der Waals surface area contributed by atoms with Crippen molar-refractivity contribution < 1.29 is 5.32 Å². The minimum absolute atomic E-state index is 0.463. The summed E-state index contributed by atoms with van der Waals surface area (Å²) in [7, 11) is 0. The molecule has 0 aliphatic carbocycles. The lowest BCUT2D eigenvalue weighted by molar-refractivity contribution is -0.717. The summed E-state index contributed by atoms with van der Waals surface area (Å²) in [6, 6.07) is 0.898. The molecule has 2 N–H and O–H groups in total. The molecule has 0 spiro atoms. The molecule has 88 valence electrons. The van der Waals surface area contributed by atoms with Crippen LogP contribution in [0.3, 0.4) is 0 Å². The van der Waals surface area contributed by atoms with Crippen molar-refractivity contribution in [1.82, 2.24) is 4.90 Å². The van der Waals surface area contributed by atoms with Crippen LogP contribution in [0.4, 0.5) is 0 Å². The van der Waals surface area contributed by atoms with Crippen LogP contribution in [0.25, 0.3) is 0 Å². The summed E-state index contributed by atoms with van der Waals surface area (Å²) in [5.74, 6) is 0. The highest BCUT2D eigenvalue weighted by Gasteiger charge is 2.42. The quantitative estimate of drug-likeness (QED) is 0.688. The smallest absolute Gasteiger partial charge is 0.108 e. The second-order valence-electron chi connectivity index (χ2n) is 6.76. The zero-order chi connectivity index (χ0) is 11.1. The Morgan fingerprint density at radius 1 is 1.13 bits per heavy atom. The molecule has 0 aromatic heterocycles. The summed E-state index contributed by atoms with van der Waals surface area (Å²) in [5.41, 5.74) is 1.02. The van der Waals surface area contributed by atoms with Crippen LogP contribution in [-0.4, -0.2) is 37.1 Å². The lowest BCUT2D eigenvalue weighted by Gasteiger charge is -2.50. The van der Waals surface area contributed by atoms with Gasteiger partial charge in [0.15, 0.2) is 0 Å². The topological polar surface area (TPSA) is 19.9 Å². The lowest BCUT2D eigenvalue weighted by Crippen LogP contribution is -3.00. The molecule has 0 aromatic carbocycles. The van der Waals surface area contributed by atoms with Gasteiger partial charge in [-0.2, -0.15) is 0 Å². The molecule has 0 aromatic rings. The van der Waals surface area contributed by atoms with E-state index in [9.17, 15) is 0 Å². The molecule has 0 radical (unpaired) electrons. The summed E-state index contributed by atoms with van der Waals surface area (Å²) in [4.78, 5) is 2.72. The number of likely N-dealkylation sites (tertiary alicyclic amines) is 1. The number of hydrogen-bond donors (Lipinski definition) is 1. The Morgan fingerprint density at radius 2 is 1.67 bits per heavy atom. The van der Waals surface area contributed by atoms with Gasteiger partial charge < -0.3 is 5.32 Å². The largest absolute Gasteiger partial charge is 0.343 e. The monoisotopic (exact) mass is 211 g/mol. The second-order valence-corrected chi connectivity index (χ2v) is 6.76. The molecule has 2 saturated heterocycles. The SMILES string of the molecule is CC(C)(C)C1(C)CCN(C2C[NH2+]C2)CC1. The predicted molar refractivity (Wildman–Crippen MR) is 63.8 cm³/mol. The van der Waals surface area contributed by atoms with Crippen molar-refractivity contribution in [3.8, 4) is 0 Å². The first kappa shape index (κ1) is 11.4.